The van der Waals surface area contributed by atoms with E-state index in [4.69, 9.17) is 5.11 Å². The summed E-state index contributed by atoms with van der Waals surface area (Å²) in [6, 6.07) is 2.61. The second-order valence-corrected chi connectivity index (χ2v) is 4.37. The van der Waals surface area contributed by atoms with Crippen LogP contribution in [0.4, 0.5) is 5.82 Å². The molecule has 1 aliphatic rings. The van der Waals surface area contributed by atoms with Gasteiger partial charge < -0.3 is 10.0 Å². The Morgan fingerprint density at radius 2 is 2.12 bits per heavy atom. The van der Waals surface area contributed by atoms with Gasteiger partial charge in [-0.25, -0.2) is 0 Å². The molecule has 1 aliphatic carbocycles. The lowest BCUT2D eigenvalue weighted by Crippen LogP contribution is -2.31. The largest absolute Gasteiger partial charge is 0.395 e. The van der Waals surface area contributed by atoms with Crippen LogP contribution >= 0.6 is 0 Å². The van der Waals surface area contributed by atoms with Gasteiger partial charge in [-0.1, -0.05) is 0 Å². The van der Waals surface area contributed by atoms with E-state index in [0.29, 0.717) is 24.0 Å². The second-order valence-electron chi connectivity index (χ2n) is 4.37. The molecule has 0 aliphatic heterocycles. The Hall–Kier alpha value is -1.67. The molecule has 0 aromatic carbocycles. The molecule has 17 heavy (non-hydrogen) atoms. The molecule has 90 valence electrons. The molecule has 0 amide bonds. The average molecular weight is 232 g/mol. The highest BCUT2D eigenvalue weighted by molar-refractivity contribution is 5.58. The Morgan fingerprint density at radius 1 is 1.41 bits per heavy atom. The smallest absolute Gasteiger partial charge is 0.169 e. The number of anilines is 1. The fraction of sp³-hybridized carbons (Fsp3) is 0.583. The summed E-state index contributed by atoms with van der Waals surface area (Å²) >= 11 is 0. The normalized spacial score (nSPS) is 14.5. The van der Waals surface area contributed by atoms with E-state index in [-0.39, 0.29) is 6.61 Å². The van der Waals surface area contributed by atoms with Gasteiger partial charge in [0.15, 0.2) is 5.82 Å². The molecule has 0 unspecified atom stereocenters. The highest BCUT2D eigenvalue weighted by Crippen LogP contribution is 2.32. The van der Waals surface area contributed by atoms with Gasteiger partial charge >= 0.3 is 0 Å². The van der Waals surface area contributed by atoms with E-state index in [1.165, 1.54) is 0 Å². The molecule has 1 saturated carbocycles. The van der Waals surface area contributed by atoms with Crippen molar-refractivity contribution in [1.29, 1.82) is 5.26 Å². The van der Waals surface area contributed by atoms with Crippen LogP contribution in [0.1, 0.15) is 29.7 Å². The predicted octanol–water partition coefficient (Wildman–Crippen LogP) is 0.926. The lowest BCUT2D eigenvalue weighted by Gasteiger charge is -2.23. The molecule has 0 saturated heterocycles. The van der Waals surface area contributed by atoms with Crippen LogP contribution < -0.4 is 4.90 Å². The lowest BCUT2D eigenvalue weighted by atomic mass is 10.1. The highest BCUT2D eigenvalue weighted by Gasteiger charge is 2.31. The van der Waals surface area contributed by atoms with Crippen LogP contribution in [-0.2, 0) is 0 Å². The SMILES string of the molecule is Cc1nnc(N(CCO)C2CC2)c(C#N)c1C. The zero-order chi connectivity index (χ0) is 12.4. The Labute approximate surface area is 101 Å². The number of aliphatic hydroxyl groups is 1. The Bertz CT molecular complexity index is 462. The van der Waals surface area contributed by atoms with Gasteiger partial charge in [-0.05, 0) is 32.3 Å². The van der Waals surface area contributed by atoms with Crippen molar-refractivity contribution in [1.82, 2.24) is 10.2 Å². The van der Waals surface area contributed by atoms with Gasteiger partial charge in [-0.15, -0.1) is 5.10 Å². The summed E-state index contributed by atoms with van der Waals surface area (Å²) in [4.78, 5) is 2.00. The monoisotopic (exact) mass is 232 g/mol. The molecule has 0 radical (unpaired) electrons. The summed E-state index contributed by atoms with van der Waals surface area (Å²) in [6.07, 6.45) is 2.19. The number of nitriles is 1. The standard InChI is InChI=1S/C12H16N4O/c1-8-9(2)14-15-12(11(8)7-13)16(5-6-17)10-3-4-10/h10,17H,3-6H2,1-2H3. The van der Waals surface area contributed by atoms with Crippen molar-refractivity contribution < 1.29 is 5.11 Å². The third kappa shape index (κ3) is 2.22. The first-order chi connectivity index (χ1) is 8.19. The number of aryl methyl sites for hydroxylation is 1. The summed E-state index contributed by atoms with van der Waals surface area (Å²) in [5.74, 6) is 0.618. The summed E-state index contributed by atoms with van der Waals surface area (Å²) in [6.45, 7) is 4.31. The quantitative estimate of drug-likeness (QED) is 0.835. The molecule has 0 bridgehead atoms. The van der Waals surface area contributed by atoms with Crippen LogP contribution in [0.25, 0.3) is 0 Å². The first-order valence-corrected chi connectivity index (χ1v) is 5.80. The van der Waals surface area contributed by atoms with Gasteiger partial charge in [-0.2, -0.15) is 10.4 Å². The third-order valence-corrected chi connectivity index (χ3v) is 3.15. The Morgan fingerprint density at radius 3 is 2.65 bits per heavy atom. The molecule has 1 fully saturated rings. The molecule has 0 atom stereocenters. The zero-order valence-electron chi connectivity index (χ0n) is 10.1. The lowest BCUT2D eigenvalue weighted by molar-refractivity contribution is 0.301. The minimum atomic E-state index is 0.0654. The number of aliphatic hydroxyl groups excluding tert-OH is 1. The summed E-state index contributed by atoms with van der Waals surface area (Å²) in [5.41, 5.74) is 2.24. The van der Waals surface area contributed by atoms with Gasteiger partial charge in [0.2, 0.25) is 0 Å². The van der Waals surface area contributed by atoms with Gasteiger partial charge in [0.25, 0.3) is 0 Å². The van der Waals surface area contributed by atoms with Crippen LogP contribution in [-0.4, -0.2) is 34.5 Å². The molecule has 2 rings (SSSR count). The van der Waals surface area contributed by atoms with Gasteiger partial charge in [0.05, 0.1) is 12.3 Å². The molecular formula is C12H16N4O. The molecule has 1 aromatic rings. The maximum atomic E-state index is 9.24. The summed E-state index contributed by atoms with van der Waals surface area (Å²) in [7, 11) is 0. The van der Waals surface area contributed by atoms with Crippen molar-refractivity contribution in [3.05, 3.63) is 16.8 Å². The number of hydrogen-bond acceptors (Lipinski definition) is 5. The van der Waals surface area contributed by atoms with Crippen LogP contribution in [0.5, 0.6) is 0 Å². The van der Waals surface area contributed by atoms with Crippen molar-refractivity contribution in [3.8, 4) is 6.07 Å². The van der Waals surface area contributed by atoms with E-state index in [9.17, 15) is 5.26 Å². The first-order valence-electron chi connectivity index (χ1n) is 5.80. The molecule has 5 nitrogen and oxygen atoms in total. The maximum absolute atomic E-state index is 9.24. The summed E-state index contributed by atoms with van der Waals surface area (Å²) < 4.78 is 0. The summed E-state index contributed by atoms with van der Waals surface area (Å²) in [5, 5.41) is 26.5. The van der Waals surface area contributed by atoms with Crippen LogP contribution in [0.2, 0.25) is 0 Å². The predicted molar refractivity (Wildman–Crippen MR) is 63.7 cm³/mol. The molecule has 1 N–H and O–H groups in total. The molecule has 0 spiro atoms. The minimum Gasteiger partial charge on any atom is -0.395 e. The number of aromatic nitrogens is 2. The van der Waals surface area contributed by atoms with Gasteiger partial charge in [-0.3, -0.25) is 0 Å². The van der Waals surface area contributed by atoms with Crippen molar-refractivity contribution in [2.45, 2.75) is 32.7 Å². The highest BCUT2D eigenvalue weighted by atomic mass is 16.3. The van der Waals surface area contributed by atoms with E-state index in [1.807, 2.05) is 18.7 Å². The van der Waals surface area contributed by atoms with E-state index < -0.39 is 0 Å². The topological polar surface area (TPSA) is 73.0 Å². The van der Waals surface area contributed by atoms with Crippen LogP contribution in [0.3, 0.4) is 0 Å². The van der Waals surface area contributed by atoms with Crippen LogP contribution in [0.15, 0.2) is 0 Å². The minimum absolute atomic E-state index is 0.0654. The Kier molecular flexibility index (Phi) is 3.25. The number of nitrogens with zero attached hydrogens (tertiary/aromatic N) is 4. The Balaban J connectivity index is 2.42. The van der Waals surface area contributed by atoms with Crippen molar-refractivity contribution >= 4 is 5.82 Å². The van der Waals surface area contributed by atoms with Crippen molar-refractivity contribution in [2.75, 3.05) is 18.1 Å². The van der Waals surface area contributed by atoms with E-state index in [1.54, 1.807) is 0 Å². The fourth-order valence-corrected chi connectivity index (χ4v) is 1.89. The number of hydrogen-bond donors (Lipinski definition) is 1. The van der Waals surface area contributed by atoms with E-state index >= 15 is 0 Å². The van der Waals surface area contributed by atoms with Crippen molar-refractivity contribution in [2.24, 2.45) is 0 Å². The average Bonchev–Trinajstić information content (AvgIpc) is 3.14. The van der Waals surface area contributed by atoms with E-state index in [2.05, 4.69) is 16.3 Å². The zero-order valence-corrected chi connectivity index (χ0v) is 10.1. The molecule has 1 heterocycles. The molecular weight excluding hydrogens is 216 g/mol. The molecule has 5 heteroatoms. The van der Waals surface area contributed by atoms with E-state index in [0.717, 1.165) is 24.1 Å². The first kappa shape index (κ1) is 11.8. The van der Waals surface area contributed by atoms with Crippen molar-refractivity contribution in [3.63, 3.8) is 0 Å². The fourth-order valence-electron chi connectivity index (χ4n) is 1.89. The maximum Gasteiger partial charge on any atom is 0.169 e. The number of rotatable bonds is 4. The van der Waals surface area contributed by atoms with Gasteiger partial charge in [0.1, 0.15) is 11.6 Å². The third-order valence-electron chi connectivity index (χ3n) is 3.15. The van der Waals surface area contributed by atoms with Crippen LogP contribution in [0, 0.1) is 25.2 Å². The van der Waals surface area contributed by atoms with Gasteiger partial charge in [0, 0.05) is 12.6 Å². The molecule has 1 aromatic heterocycles. The second kappa shape index (κ2) is 4.68.